The number of hydrogen-bond acceptors (Lipinski definition) is 7. The molecule has 4 N–H and O–H groups in total. The number of nitrogens with zero attached hydrogens (tertiary/aromatic N) is 2. The van der Waals surface area contributed by atoms with Crippen molar-refractivity contribution in [2.75, 3.05) is 12.4 Å². The fourth-order valence-corrected chi connectivity index (χ4v) is 6.99. The van der Waals surface area contributed by atoms with E-state index in [-0.39, 0.29) is 11.3 Å². The Morgan fingerprint density at radius 3 is 2.16 bits per heavy atom. The molecule has 0 aliphatic carbocycles. The van der Waals surface area contributed by atoms with Crippen LogP contribution in [0, 0.1) is 0 Å². The SMILES string of the molecule is CN([C@@H](Cc1ccccc1)C(=O)O)S(=O)(=O)c1ccc(Nc2nc(-c3ccc(Cl)cc3)c(-c3ccc(CN)cc3)s2)cc1. The summed E-state index contributed by atoms with van der Waals surface area (Å²) >= 11 is 7.58. The van der Waals surface area contributed by atoms with Gasteiger partial charge >= 0.3 is 5.97 Å². The van der Waals surface area contributed by atoms with Gasteiger partial charge in [0, 0.05) is 29.9 Å². The van der Waals surface area contributed by atoms with Gasteiger partial charge in [-0.2, -0.15) is 4.31 Å². The molecule has 5 rings (SSSR count). The van der Waals surface area contributed by atoms with Crippen molar-refractivity contribution >= 4 is 49.7 Å². The van der Waals surface area contributed by atoms with E-state index in [4.69, 9.17) is 22.3 Å². The van der Waals surface area contributed by atoms with Gasteiger partial charge in [0.1, 0.15) is 6.04 Å². The Balaban J connectivity index is 1.40. The van der Waals surface area contributed by atoms with Gasteiger partial charge in [-0.05, 0) is 59.5 Å². The number of aromatic nitrogens is 1. The summed E-state index contributed by atoms with van der Waals surface area (Å²) in [6.45, 7) is 0.450. The van der Waals surface area contributed by atoms with Crippen molar-refractivity contribution in [1.29, 1.82) is 0 Å². The van der Waals surface area contributed by atoms with Crippen molar-refractivity contribution in [3.63, 3.8) is 0 Å². The van der Waals surface area contributed by atoms with Crippen LogP contribution in [-0.2, 0) is 27.8 Å². The standard InChI is InChI=1S/C32H29ClN4O4S2/c1-37(28(31(38)39)19-21-5-3-2-4-6-21)43(40,41)27-17-15-26(16-18-27)35-32-36-29(23-11-13-25(33)14-12-23)30(42-32)24-9-7-22(20-34)8-10-24/h2-18,28H,19-20,34H2,1H3,(H,35,36)(H,38,39)/t28-/m0/s1. The molecule has 0 aliphatic heterocycles. The zero-order valence-electron chi connectivity index (χ0n) is 23.1. The Kier molecular flexibility index (Phi) is 9.24. The van der Waals surface area contributed by atoms with E-state index < -0.39 is 22.0 Å². The molecule has 4 aromatic carbocycles. The van der Waals surface area contributed by atoms with Crippen molar-refractivity contribution in [2.45, 2.75) is 23.9 Å². The number of thiazole rings is 1. The first-order valence-electron chi connectivity index (χ1n) is 13.3. The van der Waals surface area contributed by atoms with E-state index in [0.717, 1.165) is 37.1 Å². The molecule has 0 aliphatic rings. The van der Waals surface area contributed by atoms with Crippen LogP contribution in [0.4, 0.5) is 10.8 Å². The second kappa shape index (κ2) is 13.1. The third-order valence-corrected chi connectivity index (χ3v) is 10.1. The van der Waals surface area contributed by atoms with Gasteiger partial charge < -0.3 is 16.2 Å². The number of benzene rings is 4. The smallest absolute Gasteiger partial charge is 0.322 e. The van der Waals surface area contributed by atoms with Crippen LogP contribution in [0.5, 0.6) is 0 Å². The first-order chi connectivity index (χ1) is 20.7. The number of hydrogen-bond donors (Lipinski definition) is 3. The van der Waals surface area contributed by atoms with Crippen LogP contribution in [-0.4, -0.2) is 41.9 Å². The number of anilines is 2. The lowest BCUT2D eigenvalue weighted by molar-refractivity contribution is -0.141. The molecule has 43 heavy (non-hydrogen) atoms. The maximum absolute atomic E-state index is 13.4. The minimum absolute atomic E-state index is 0.0125. The Bertz CT molecular complexity index is 1810. The molecule has 1 aromatic heterocycles. The van der Waals surface area contributed by atoms with Crippen LogP contribution in [0.15, 0.2) is 108 Å². The highest BCUT2D eigenvalue weighted by molar-refractivity contribution is 7.89. The number of carbonyl (C=O) groups is 1. The molecule has 0 spiro atoms. The van der Waals surface area contributed by atoms with Gasteiger partial charge in [0.05, 0.1) is 15.5 Å². The van der Waals surface area contributed by atoms with Gasteiger partial charge in [-0.25, -0.2) is 13.4 Å². The van der Waals surface area contributed by atoms with Crippen molar-refractivity contribution in [3.05, 3.63) is 119 Å². The summed E-state index contributed by atoms with van der Waals surface area (Å²) in [5.74, 6) is -1.22. The molecule has 8 nitrogen and oxygen atoms in total. The molecule has 0 amide bonds. The minimum Gasteiger partial charge on any atom is -0.480 e. The molecule has 0 unspecified atom stereocenters. The van der Waals surface area contributed by atoms with Crippen LogP contribution < -0.4 is 11.1 Å². The number of nitrogens with one attached hydrogen (secondary N) is 1. The first kappa shape index (κ1) is 30.4. The first-order valence-corrected chi connectivity index (χ1v) is 16.0. The molecule has 220 valence electrons. The monoisotopic (exact) mass is 632 g/mol. The summed E-state index contributed by atoms with van der Waals surface area (Å²) in [5, 5.41) is 14.3. The lowest BCUT2D eigenvalue weighted by Crippen LogP contribution is -2.43. The largest absolute Gasteiger partial charge is 0.480 e. The molecular weight excluding hydrogens is 604 g/mol. The van der Waals surface area contributed by atoms with Gasteiger partial charge in [-0.1, -0.05) is 89.7 Å². The summed E-state index contributed by atoms with van der Waals surface area (Å²) < 4.78 is 27.7. The number of halogens is 1. The molecule has 0 radical (unpaired) electrons. The summed E-state index contributed by atoms with van der Waals surface area (Å²) in [6.07, 6.45) is 0.0445. The molecule has 0 fully saturated rings. The fourth-order valence-electron chi connectivity index (χ4n) is 4.54. The van der Waals surface area contributed by atoms with Gasteiger partial charge in [0.15, 0.2) is 5.13 Å². The van der Waals surface area contributed by atoms with E-state index in [9.17, 15) is 18.3 Å². The Morgan fingerprint density at radius 2 is 1.56 bits per heavy atom. The predicted molar refractivity (Wildman–Crippen MR) is 172 cm³/mol. The Hall–Kier alpha value is -4.06. The number of carboxylic acids is 1. The second-order valence-electron chi connectivity index (χ2n) is 9.82. The van der Waals surface area contributed by atoms with Crippen molar-refractivity contribution in [1.82, 2.24) is 9.29 Å². The van der Waals surface area contributed by atoms with Gasteiger partial charge in [0.2, 0.25) is 10.0 Å². The molecule has 1 heterocycles. The van der Waals surface area contributed by atoms with Crippen LogP contribution in [0.1, 0.15) is 11.1 Å². The van der Waals surface area contributed by atoms with Gasteiger partial charge in [-0.3, -0.25) is 4.79 Å². The quantitative estimate of drug-likeness (QED) is 0.149. The van der Waals surface area contributed by atoms with Crippen LogP contribution in [0.3, 0.4) is 0 Å². The van der Waals surface area contributed by atoms with Crippen molar-refractivity contribution in [3.8, 4) is 21.7 Å². The molecule has 0 saturated carbocycles. The highest BCUT2D eigenvalue weighted by Crippen LogP contribution is 2.40. The third-order valence-electron chi connectivity index (χ3n) is 6.98. The highest BCUT2D eigenvalue weighted by atomic mass is 35.5. The van der Waals surface area contributed by atoms with E-state index in [1.807, 2.05) is 54.6 Å². The topological polar surface area (TPSA) is 126 Å². The molecular formula is C32H29ClN4O4S2. The maximum Gasteiger partial charge on any atom is 0.322 e. The van der Waals surface area contributed by atoms with E-state index in [1.54, 1.807) is 36.4 Å². The zero-order valence-corrected chi connectivity index (χ0v) is 25.5. The zero-order chi connectivity index (χ0) is 30.6. The number of likely N-dealkylation sites (N-methyl/N-ethyl adjacent to an activating group) is 1. The fraction of sp³-hybridized carbons (Fsp3) is 0.125. The lowest BCUT2D eigenvalue weighted by Gasteiger charge is -2.24. The highest BCUT2D eigenvalue weighted by Gasteiger charge is 2.33. The molecule has 0 bridgehead atoms. The number of rotatable bonds is 11. The average Bonchev–Trinajstić information content (AvgIpc) is 3.44. The summed E-state index contributed by atoms with van der Waals surface area (Å²) in [6, 6.07) is 29.3. The lowest BCUT2D eigenvalue weighted by atomic mass is 10.1. The van der Waals surface area contributed by atoms with E-state index in [1.165, 1.54) is 30.5 Å². The van der Waals surface area contributed by atoms with E-state index in [0.29, 0.717) is 22.4 Å². The third kappa shape index (κ3) is 6.96. The van der Waals surface area contributed by atoms with Crippen molar-refractivity contribution < 1.29 is 18.3 Å². The maximum atomic E-state index is 13.4. The summed E-state index contributed by atoms with van der Waals surface area (Å²) in [5.41, 5.74) is 10.8. The Labute approximate surface area is 259 Å². The van der Waals surface area contributed by atoms with E-state index >= 15 is 0 Å². The molecule has 0 saturated heterocycles. The van der Waals surface area contributed by atoms with Crippen molar-refractivity contribution in [2.24, 2.45) is 5.73 Å². The molecule has 1 atom stereocenters. The Morgan fingerprint density at radius 1 is 0.930 bits per heavy atom. The molecule has 11 heteroatoms. The van der Waals surface area contributed by atoms with Gasteiger partial charge in [-0.15, -0.1) is 0 Å². The van der Waals surface area contributed by atoms with Crippen LogP contribution in [0.25, 0.3) is 21.7 Å². The van der Waals surface area contributed by atoms with Crippen LogP contribution >= 0.6 is 22.9 Å². The summed E-state index contributed by atoms with van der Waals surface area (Å²) in [4.78, 5) is 17.8. The molecule has 5 aromatic rings. The minimum atomic E-state index is -4.08. The number of sulfonamides is 1. The van der Waals surface area contributed by atoms with Gasteiger partial charge in [0.25, 0.3) is 0 Å². The second-order valence-corrected chi connectivity index (χ2v) is 13.3. The van der Waals surface area contributed by atoms with Crippen LogP contribution in [0.2, 0.25) is 5.02 Å². The number of aliphatic carboxylic acids is 1. The number of nitrogens with two attached hydrogens (primary N) is 1. The normalized spacial score (nSPS) is 12.3. The van der Waals surface area contributed by atoms with E-state index in [2.05, 4.69) is 5.32 Å². The average molecular weight is 633 g/mol. The number of carboxylic acid groups (broad SMARTS) is 1. The predicted octanol–water partition coefficient (Wildman–Crippen LogP) is 6.65. The summed E-state index contributed by atoms with van der Waals surface area (Å²) in [7, 11) is -2.79.